The van der Waals surface area contributed by atoms with Crippen LogP contribution < -0.4 is 20.1 Å². The van der Waals surface area contributed by atoms with Crippen molar-refractivity contribution >= 4 is 33.3 Å². The third-order valence-corrected chi connectivity index (χ3v) is 7.56. The summed E-state index contributed by atoms with van der Waals surface area (Å²) in [6.45, 7) is 3.69. The number of aliphatic hydroxyl groups excluding tert-OH is 1. The summed E-state index contributed by atoms with van der Waals surface area (Å²) in [6, 6.07) is 10.5. The van der Waals surface area contributed by atoms with Gasteiger partial charge in [-0.15, -0.1) is 0 Å². The van der Waals surface area contributed by atoms with Crippen LogP contribution in [-0.2, 0) is 10.0 Å². The summed E-state index contributed by atoms with van der Waals surface area (Å²) in [4.78, 5) is 27.6. The summed E-state index contributed by atoms with van der Waals surface area (Å²) in [5, 5.41) is 15.2. The van der Waals surface area contributed by atoms with Gasteiger partial charge in [0.2, 0.25) is 10.0 Å². The fourth-order valence-electron chi connectivity index (χ4n) is 3.87. The van der Waals surface area contributed by atoms with E-state index < -0.39 is 28.2 Å². The highest BCUT2D eigenvalue weighted by molar-refractivity contribution is 7.88. The fourth-order valence-corrected chi connectivity index (χ4v) is 4.29. The number of sulfonamides is 1. The first kappa shape index (κ1) is 28.2. The van der Waals surface area contributed by atoms with Crippen LogP contribution in [0.2, 0.25) is 0 Å². The van der Waals surface area contributed by atoms with Crippen molar-refractivity contribution in [1.29, 1.82) is 0 Å². The van der Waals surface area contributed by atoms with E-state index in [0.29, 0.717) is 17.1 Å². The van der Waals surface area contributed by atoms with E-state index >= 15 is 0 Å². The summed E-state index contributed by atoms with van der Waals surface area (Å²) in [5.41, 5.74) is 1.11. The first-order valence-corrected chi connectivity index (χ1v) is 13.6. The zero-order valence-corrected chi connectivity index (χ0v) is 22.4. The molecular weight excluding hydrogens is 500 g/mol. The first-order chi connectivity index (χ1) is 17.4. The van der Waals surface area contributed by atoms with Gasteiger partial charge in [0.25, 0.3) is 5.91 Å². The number of ether oxygens (including phenoxy) is 2. The van der Waals surface area contributed by atoms with Gasteiger partial charge < -0.3 is 30.1 Å². The number of aliphatic hydroxyl groups is 1. The molecule has 1 aliphatic rings. The molecule has 11 nitrogen and oxygen atoms in total. The quantitative estimate of drug-likeness (QED) is 0.473. The van der Waals surface area contributed by atoms with E-state index in [4.69, 9.17) is 9.47 Å². The summed E-state index contributed by atoms with van der Waals surface area (Å²) >= 11 is 0. The Balaban J connectivity index is 1.88. The number of likely N-dealkylation sites (N-methyl/N-ethyl adjacent to an activating group) is 1. The zero-order chi connectivity index (χ0) is 27.3. The SMILES string of the molecule is COc1ccc(NC(=O)Nc2ccc3c(c2)C(=O)N([C@H](C)CO)C[C@@H](C)[C@@H](CN(C)S(C)(=O)=O)O3)cc1. The van der Waals surface area contributed by atoms with Crippen LogP contribution in [0, 0.1) is 5.92 Å². The van der Waals surface area contributed by atoms with Crippen molar-refractivity contribution in [3.63, 3.8) is 0 Å². The van der Waals surface area contributed by atoms with Gasteiger partial charge >= 0.3 is 6.03 Å². The van der Waals surface area contributed by atoms with Crippen molar-refractivity contribution in [2.24, 2.45) is 5.92 Å². The molecule has 12 heteroatoms. The van der Waals surface area contributed by atoms with E-state index in [0.717, 1.165) is 6.26 Å². The molecule has 3 N–H and O–H groups in total. The molecule has 0 fully saturated rings. The van der Waals surface area contributed by atoms with Crippen molar-refractivity contribution in [2.75, 3.05) is 50.7 Å². The second-order valence-corrected chi connectivity index (χ2v) is 11.3. The molecule has 0 unspecified atom stereocenters. The van der Waals surface area contributed by atoms with E-state index in [1.165, 1.54) is 17.4 Å². The van der Waals surface area contributed by atoms with E-state index in [9.17, 15) is 23.1 Å². The number of hydrogen-bond acceptors (Lipinski definition) is 7. The molecular formula is C25H34N4O7S. The Morgan fingerprint density at radius 1 is 1.22 bits per heavy atom. The number of urea groups is 1. The Kier molecular flexibility index (Phi) is 9.00. The molecule has 0 aromatic heterocycles. The first-order valence-electron chi connectivity index (χ1n) is 11.8. The molecule has 0 saturated heterocycles. The van der Waals surface area contributed by atoms with Gasteiger partial charge in [0, 0.05) is 30.9 Å². The van der Waals surface area contributed by atoms with Crippen LogP contribution in [0.15, 0.2) is 42.5 Å². The Hall–Kier alpha value is -3.35. The third-order valence-electron chi connectivity index (χ3n) is 6.27. The molecule has 0 aliphatic carbocycles. The predicted molar refractivity (Wildman–Crippen MR) is 141 cm³/mol. The number of nitrogens with zero attached hydrogens (tertiary/aromatic N) is 2. The number of benzene rings is 2. The van der Waals surface area contributed by atoms with Gasteiger partial charge in [-0.05, 0) is 49.4 Å². The lowest BCUT2D eigenvalue weighted by Crippen LogP contribution is -2.50. The molecule has 2 aromatic carbocycles. The van der Waals surface area contributed by atoms with Crippen LogP contribution in [0.3, 0.4) is 0 Å². The molecule has 1 heterocycles. The van der Waals surface area contributed by atoms with E-state index in [1.807, 2.05) is 6.92 Å². The van der Waals surface area contributed by atoms with Crippen molar-refractivity contribution in [1.82, 2.24) is 9.21 Å². The highest BCUT2D eigenvalue weighted by Gasteiger charge is 2.34. The van der Waals surface area contributed by atoms with Crippen molar-refractivity contribution in [3.8, 4) is 11.5 Å². The summed E-state index contributed by atoms with van der Waals surface area (Å²) in [6.07, 6.45) is 0.560. The standard InChI is InChI=1S/C25H34N4O7S/c1-16-13-29(17(2)15-30)24(31)21-12-19(27-25(32)26-18-6-9-20(35-4)10-7-18)8-11-22(21)36-23(16)14-28(3)37(5,33)34/h6-12,16-17,23,30H,13-15H2,1-5H3,(H2,26,27,32)/t16-,17-,23-/m1/s1. The van der Waals surface area contributed by atoms with E-state index in [1.54, 1.807) is 55.3 Å². The highest BCUT2D eigenvalue weighted by Crippen LogP contribution is 2.31. The number of methoxy groups -OCH3 is 1. The number of hydrogen-bond donors (Lipinski definition) is 3. The molecule has 3 atom stereocenters. The number of carbonyl (C=O) groups is 2. The van der Waals surface area contributed by atoms with Crippen molar-refractivity contribution < 1.29 is 32.6 Å². The number of nitrogens with one attached hydrogen (secondary N) is 2. The second-order valence-electron chi connectivity index (χ2n) is 9.18. The van der Waals surface area contributed by atoms with Gasteiger partial charge in [-0.25, -0.2) is 17.5 Å². The fraction of sp³-hybridized carbons (Fsp3) is 0.440. The number of amides is 3. The lowest BCUT2D eigenvalue weighted by molar-refractivity contribution is 0.0387. The molecule has 2 aromatic rings. The minimum Gasteiger partial charge on any atom is -0.497 e. The molecule has 202 valence electrons. The smallest absolute Gasteiger partial charge is 0.323 e. The minimum absolute atomic E-state index is 0.0826. The number of fused-ring (bicyclic) bond motifs is 1. The number of carbonyl (C=O) groups excluding carboxylic acids is 2. The summed E-state index contributed by atoms with van der Waals surface area (Å²) in [5.74, 6) is 0.323. The predicted octanol–water partition coefficient (Wildman–Crippen LogP) is 2.45. The van der Waals surface area contributed by atoms with E-state index in [-0.39, 0.29) is 42.8 Å². The molecule has 37 heavy (non-hydrogen) atoms. The van der Waals surface area contributed by atoms with Gasteiger partial charge in [-0.3, -0.25) is 4.79 Å². The molecule has 0 spiro atoms. The van der Waals surface area contributed by atoms with Crippen LogP contribution in [-0.4, -0.2) is 86.9 Å². The molecule has 0 saturated carbocycles. The Labute approximate surface area is 217 Å². The lowest BCUT2D eigenvalue weighted by atomic mass is 9.99. The largest absolute Gasteiger partial charge is 0.497 e. The van der Waals surface area contributed by atoms with Crippen LogP contribution in [0.4, 0.5) is 16.2 Å². The highest BCUT2D eigenvalue weighted by atomic mass is 32.2. The van der Waals surface area contributed by atoms with Crippen molar-refractivity contribution in [3.05, 3.63) is 48.0 Å². The van der Waals surface area contributed by atoms with Crippen LogP contribution in [0.25, 0.3) is 0 Å². The summed E-state index contributed by atoms with van der Waals surface area (Å²) in [7, 11) is -0.426. The molecule has 3 rings (SSSR count). The van der Waals surface area contributed by atoms with Gasteiger partial charge in [-0.1, -0.05) is 6.92 Å². The van der Waals surface area contributed by atoms with Crippen LogP contribution >= 0.6 is 0 Å². The maximum absolute atomic E-state index is 13.5. The molecule has 1 aliphatic heterocycles. The molecule has 3 amide bonds. The van der Waals surface area contributed by atoms with Crippen LogP contribution in [0.5, 0.6) is 11.5 Å². The maximum Gasteiger partial charge on any atom is 0.323 e. The average molecular weight is 535 g/mol. The zero-order valence-electron chi connectivity index (χ0n) is 21.6. The van der Waals surface area contributed by atoms with Gasteiger partial charge in [0.05, 0.1) is 38.1 Å². The number of anilines is 2. The Morgan fingerprint density at radius 2 is 1.84 bits per heavy atom. The van der Waals surface area contributed by atoms with Gasteiger partial charge in [0.1, 0.15) is 17.6 Å². The normalized spacial score (nSPS) is 18.8. The minimum atomic E-state index is -3.45. The molecule has 0 radical (unpaired) electrons. The van der Waals surface area contributed by atoms with Gasteiger partial charge in [0.15, 0.2) is 0 Å². The summed E-state index contributed by atoms with van der Waals surface area (Å²) < 4.78 is 36.5. The number of rotatable bonds is 8. The topological polar surface area (TPSA) is 138 Å². The third kappa shape index (κ3) is 7.12. The Morgan fingerprint density at radius 3 is 2.43 bits per heavy atom. The lowest BCUT2D eigenvalue weighted by Gasteiger charge is -2.38. The second kappa shape index (κ2) is 11.8. The molecule has 0 bridgehead atoms. The van der Waals surface area contributed by atoms with Crippen LogP contribution in [0.1, 0.15) is 24.2 Å². The Bertz CT molecular complexity index is 1220. The van der Waals surface area contributed by atoms with Crippen molar-refractivity contribution in [2.45, 2.75) is 26.0 Å². The van der Waals surface area contributed by atoms with Gasteiger partial charge in [-0.2, -0.15) is 0 Å². The van der Waals surface area contributed by atoms with E-state index in [2.05, 4.69) is 10.6 Å². The average Bonchev–Trinajstić information content (AvgIpc) is 2.85. The maximum atomic E-state index is 13.5. The monoisotopic (exact) mass is 534 g/mol.